The van der Waals surface area contributed by atoms with Crippen molar-refractivity contribution in [2.75, 3.05) is 13.7 Å². The van der Waals surface area contributed by atoms with Crippen LogP contribution in [-0.2, 0) is 0 Å². The predicted molar refractivity (Wildman–Crippen MR) is 100 cm³/mol. The lowest BCUT2D eigenvalue weighted by Crippen LogP contribution is -2.21. The molecule has 0 aliphatic heterocycles. The molecule has 1 unspecified atom stereocenters. The third-order valence-electron chi connectivity index (χ3n) is 4.34. The van der Waals surface area contributed by atoms with E-state index in [1.165, 1.54) is 34.4 Å². The fourth-order valence-corrected chi connectivity index (χ4v) is 3.75. The Balaban J connectivity index is 1.89. The molecule has 0 bridgehead atoms. The average Bonchev–Trinajstić information content (AvgIpc) is 3.26. The van der Waals surface area contributed by atoms with Gasteiger partial charge < -0.3 is 10.1 Å². The van der Waals surface area contributed by atoms with Crippen molar-refractivity contribution < 1.29 is 4.74 Å². The molecule has 1 fully saturated rings. The van der Waals surface area contributed by atoms with Crippen LogP contribution in [0.3, 0.4) is 0 Å². The molecule has 1 atom stereocenters. The van der Waals surface area contributed by atoms with Gasteiger partial charge in [-0.05, 0) is 56.5 Å². The molecular formula is C20H27NOS. The van der Waals surface area contributed by atoms with E-state index in [4.69, 9.17) is 4.74 Å². The van der Waals surface area contributed by atoms with E-state index in [1.807, 2.05) is 18.8 Å². The Morgan fingerprint density at radius 2 is 2.09 bits per heavy atom. The minimum absolute atomic E-state index is 0.336. The largest absolute Gasteiger partial charge is 0.493 e. The van der Waals surface area contributed by atoms with Crippen molar-refractivity contribution in [3.63, 3.8) is 0 Å². The zero-order valence-electron chi connectivity index (χ0n) is 14.6. The Hall–Kier alpha value is -1.19. The van der Waals surface area contributed by atoms with Gasteiger partial charge in [0.15, 0.2) is 0 Å². The Labute approximate surface area is 144 Å². The number of likely N-dealkylation sites (N-methyl/N-ethyl adjacent to an activating group) is 1. The van der Waals surface area contributed by atoms with Gasteiger partial charge in [-0.3, -0.25) is 0 Å². The number of nitrogens with one attached hydrogen (secondary N) is 1. The molecule has 1 saturated carbocycles. The lowest BCUT2D eigenvalue weighted by molar-refractivity contribution is 0.299. The maximum Gasteiger partial charge on any atom is 0.127 e. The summed E-state index contributed by atoms with van der Waals surface area (Å²) in [5, 5.41) is 3.93. The molecule has 1 aromatic rings. The smallest absolute Gasteiger partial charge is 0.127 e. The topological polar surface area (TPSA) is 21.3 Å². The van der Waals surface area contributed by atoms with Crippen LogP contribution < -0.4 is 10.1 Å². The SMILES string of the molecule is CNC1C=C(c2cc(SC(C)C)ccc2OCC2CC2)C=C1C. The minimum atomic E-state index is 0.336. The molecule has 0 spiro atoms. The molecule has 2 aliphatic carbocycles. The van der Waals surface area contributed by atoms with E-state index < -0.39 is 0 Å². The minimum Gasteiger partial charge on any atom is -0.493 e. The lowest BCUT2D eigenvalue weighted by atomic mass is 10.1. The number of allylic oxidation sites excluding steroid dienone is 2. The Kier molecular flexibility index (Phi) is 5.17. The van der Waals surface area contributed by atoms with Crippen LogP contribution in [0.2, 0.25) is 0 Å². The molecule has 3 heteroatoms. The van der Waals surface area contributed by atoms with Gasteiger partial charge >= 0.3 is 0 Å². The van der Waals surface area contributed by atoms with Crippen molar-refractivity contribution in [1.82, 2.24) is 5.32 Å². The zero-order chi connectivity index (χ0) is 16.4. The van der Waals surface area contributed by atoms with Gasteiger partial charge in [0.2, 0.25) is 0 Å². The van der Waals surface area contributed by atoms with E-state index in [0.717, 1.165) is 18.3 Å². The maximum atomic E-state index is 6.14. The van der Waals surface area contributed by atoms with Gasteiger partial charge in [0.1, 0.15) is 5.75 Å². The molecule has 2 aliphatic rings. The molecular weight excluding hydrogens is 302 g/mol. The first-order chi connectivity index (χ1) is 11.1. The van der Waals surface area contributed by atoms with Crippen LogP contribution >= 0.6 is 11.8 Å². The van der Waals surface area contributed by atoms with Crippen molar-refractivity contribution in [3.8, 4) is 5.75 Å². The molecule has 0 saturated heterocycles. The highest BCUT2D eigenvalue weighted by Gasteiger charge is 2.23. The molecule has 0 heterocycles. The quantitative estimate of drug-likeness (QED) is 0.718. The van der Waals surface area contributed by atoms with E-state index >= 15 is 0 Å². The van der Waals surface area contributed by atoms with Crippen LogP contribution in [0, 0.1) is 5.92 Å². The van der Waals surface area contributed by atoms with Crippen molar-refractivity contribution in [3.05, 3.63) is 41.5 Å². The summed E-state index contributed by atoms with van der Waals surface area (Å²) in [6.45, 7) is 7.51. The van der Waals surface area contributed by atoms with E-state index in [9.17, 15) is 0 Å². The zero-order valence-corrected chi connectivity index (χ0v) is 15.4. The van der Waals surface area contributed by atoms with Gasteiger partial charge in [-0.1, -0.05) is 31.6 Å². The van der Waals surface area contributed by atoms with Crippen LogP contribution in [0.15, 0.2) is 40.8 Å². The van der Waals surface area contributed by atoms with E-state index in [0.29, 0.717) is 11.3 Å². The first-order valence-electron chi connectivity index (χ1n) is 8.58. The fourth-order valence-electron chi connectivity index (χ4n) is 2.87. The highest BCUT2D eigenvalue weighted by atomic mass is 32.2. The standard InChI is InChI=1S/C20H27NOS/c1-13(2)23-17-7-8-20(22-12-15-5-6-15)18(11-17)16-9-14(3)19(10-16)21-4/h7-11,13,15,19,21H,5-6,12H2,1-4H3. The van der Waals surface area contributed by atoms with Gasteiger partial charge in [0, 0.05) is 21.8 Å². The molecule has 2 nitrogen and oxygen atoms in total. The summed E-state index contributed by atoms with van der Waals surface area (Å²) in [6, 6.07) is 6.97. The lowest BCUT2D eigenvalue weighted by Gasteiger charge is -2.14. The number of hydrogen-bond acceptors (Lipinski definition) is 3. The Morgan fingerprint density at radius 1 is 1.30 bits per heavy atom. The summed E-state index contributed by atoms with van der Waals surface area (Å²) in [6.07, 6.45) is 7.23. The maximum absolute atomic E-state index is 6.14. The average molecular weight is 330 g/mol. The monoisotopic (exact) mass is 329 g/mol. The summed E-state index contributed by atoms with van der Waals surface area (Å²) in [5.74, 6) is 1.80. The van der Waals surface area contributed by atoms with Gasteiger partial charge in [0.25, 0.3) is 0 Å². The Morgan fingerprint density at radius 3 is 2.70 bits per heavy atom. The second kappa shape index (κ2) is 7.14. The summed E-state index contributed by atoms with van der Waals surface area (Å²) >= 11 is 1.91. The first-order valence-corrected chi connectivity index (χ1v) is 9.46. The molecule has 3 rings (SSSR count). The highest BCUT2D eigenvalue weighted by molar-refractivity contribution is 7.99. The summed E-state index contributed by atoms with van der Waals surface area (Å²) in [7, 11) is 2.01. The van der Waals surface area contributed by atoms with Crippen molar-refractivity contribution in [2.24, 2.45) is 5.92 Å². The van der Waals surface area contributed by atoms with E-state index in [1.54, 1.807) is 0 Å². The molecule has 124 valence electrons. The molecule has 1 N–H and O–H groups in total. The fraction of sp³-hybridized carbons (Fsp3) is 0.500. The number of ether oxygens (including phenoxy) is 1. The number of rotatable bonds is 7. The second-order valence-electron chi connectivity index (χ2n) is 6.86. The van der Waals surface area contributed by atoms with Crippen LogP contribution in [-0.4, -0.2) is 24.9 Å². The molecule has 23 heavy (non-hydrogen) atoms. The molecule has 0 amide bonds. The first kappa shape index (κ1) is 16.7. The number of benzene rings is 1. The van der Waals surface area contributed by atoms with Gasteiger partial charge in [0.05, 0.1) is 6.61 Å². The summed E-state index contributed by atoms with van der Waals surface area (Å²) < 4.78 is 6.14. The predicted octanol–water partition coefficient (Wildman–Crippen LogP) is 4.91. The molecule has 1 aromatic carbocycles. The Bertz CT molecular complexity index is 629. The third kappa shape index (κ3) is 4.21. The van der Waals surface area contributed by atoms with Crippen molar-refractivity contribution in [1.29, 1.82) is 0 Å². The van der Waals surface area contributed by atoms with Gasteiger partial charge in [-0.25, -0.2) is 0 Å². The highest BCUT2D eigenvalue weighted by Crippen LogP contribution is 2.37. The third-order valence-corrected chi connectivity index (χ3v) is 5.33. The second-order valence-corrected chi connectivity index (χ2v) is 8.51. The normalized spacial score (nSPS) is 20.7. The van der Waals surface area contributed by atoms with E-state index in [-0.39, 0.29) is 0 Å². The van der Waals surface area contributed by atoms with Crippen LogP contribution in [0.4, 0.5) is 0 Å². The van der Waals surface area contributed by atoms with E-state index in [2.05, 4.69) is 56.4 Å². The van der Waals surface area contributed by atoms with Crippen LogP contribution in [0.1, 0.15) is 39.2 Å². The van der Waals surface area contributed by atoms with Gasteiger partial charge in [-0.2, -0.15) is 0 Å². The van der Waals surface area contributed by atoms with Crippen molar-refractivity contribution >= 4 is 17.3 Å². The number of thioether (sulfide) groups is 1. The van der Waals surface area contributed by atoms with Crippen LogP contribution in [0.25, 0.3) is 5.57 Å². The molecule has 0 aromatic heterocycles. The van der Waals surface area contributed by atoms with Crippen molar-refractivity contribution in [2.45, 2.75) is 49.8 Å². The number of hydrogen-bond donors (Lipinski definition) is 1. The summed E-state index contributed by atoms with van der Waals surface area (Å²) in [5.41, 5.74) is 3.87. The summed E-state index contributed by atoms with van der Waals surface area (Å²) in [4.78, 5) is 1.31. The van der Waals surface area contributed by atoms with Gasteiger partial charge in [-0.15, -0.1) is 11.8 Å². The molecule has 0 radical (unpaired) electrons. The van der Waals surface area contributed by atoms with Crippen LogP contribution in [0.5, 0.6) is 5.75 Å².